The van der Waals surface area contributed by atoms with Crippen LogP contribution in [0.2, 0.25) is 0 Å². The lowest BCUT2D eigenvalue weighted by molar-refractivity contribution is 1.54. The van der Waals surface area contributed by atoms with Crippen LogP contribution in [-0.2, 0) is 0 Å². The molecule has 0 atom stereocenters. The van der Waals surface area contributed by atoms with Crippen molar-refractivity contribution >= 4 is 32.5 Å². The molecule has 4 rings (SSSR count). The van der Waals surface area contributed by atoms with Crippen LogP contribution in [0.1, 0.15) is 0 Å². The molecule has 0 fully saturated rings. The smallest absolute Gasteiger partial charge is 0.124 e. The van der Waals surface area contributed by atoms with Crippen LogP contribution < -0.4 is 0 Å². The zero-order valence-corrected chi connectivity index (χ0v) is 11.0. The predicted octanol–water partition coefficient (Wildman–Crippen LogP) is 5.12. The minimum atomic E-state index is 1.07. The molecule has 0 aliphatic heterocycles. The van der Waals surface area contributed by atoms with Crippen LogP contribution in [0.4, 0.5) is 0 Å². The Morgan fingerprint density at radius 3 is 2.42 bits per heavy atom. The lowest BCUT2D eigenvalue weighted by Crippen LogP contribution is -1.76. The highest BCUT2D eigenvalue weighted by molar-refractivity contribution is 7.21. The quantitative estimate of drug-likeness (QED) is 0.463. The molecule has 4 aromatic rings. The van der Waals surface area contributed by atoms with Gasteiger partial charge in [-0.15, -0.1) is 11.3 Å². The van der Waals surface area contributed by atoms with Crippen LogP contribution in [0.25, 0.3) is 31.6 Å². The predicted molar refractivity (Wildman–Crippen MR) is 82.6 cm³/mol. The number of thiophene rings is 1. The third kappa shape index (κ3) is 1.81. The number of benzene rings is 2. The maximum Gasteiger partial charge on any atom is 0.124 e. The SMILES string of the molecule is c1ccc(-c2cc3cc4ccccc4nc3s2)cc1. The largest absolute Gasteiger partial charge is 0.237 e. The Bertz CT molecular complexity index is 810. The first kappa shape index (κ1) is 10.7. The van der Waals surface area contributed by atoms with Gasteiger partial charge in [0.25, 0.3) is 0 Å². The third-order valence-corrected chi connectivity index (χ3v) is 4.36. The van der Waals surface area contributed by atoms with E-state index >= 15 is 0 Å². The standard InChI is InChI=1S/C17H11NS/c1-2-6-12(7-3-1)16-11-14-10-13-8-4-5-9-15(13)18-17(14)19-16/h1-11H. The topological polar surface area (TPSA) is 12.9 Å². The second-order valence-corrected chi connectivity index (χ2v) is 5.58. The van der Waals surface area contributed by atoms with E-state index in [9.17, 15) is 0 Å². The lowest BCUT2D eigenvalue weighted by atomic mass is 10.1. The number of nitrogens with zero attached hydrogens (tertiary/aromatic N) is 1. The molecule has 19 heavy (non-hydrogen) atoms. The molecule has 0 bridgehead atoms. The second-order valence-electron chi connectivity index (χ2n) is 4.55. The zero-order valence-electron chi connectivity index (χ0n) is 10.2. The fourth-order valence-electron chi connectivity index (χ4n) is 2.32. The number of pyridine rings is 1. The summed E-state index contributed by atoms with van der Waals surface area (Å²) in [7, 11) is 0. The summed E-state index contributed by atoms with van der Waals surface area (Å²) in [6, 6.07) is 23.2. The minimum Gasteiger partial charge on any atom is -0.237 e. The molecule has 90 valence electrons. The van der Waals surface area contributed by atoms with Crippen molar-refractivity contribution in [3.8, 4) is 10.4 Å². The van der Waals surface area contributed by atoms with E-state index in [1.165, 1.54) is 21.2 Å². The molecule has 0 amide bonds. The van der Waals surface area contributed by atoms with Crippen molar-refractivity contribution in [1.29, 1.82) is 0 Å². The van der Waals surface area contributed by atoms with Crippen molar-refractivity contribution in [2.24, 2.45) is 0 Å². The van der Waals surface area contributed by atoms with Crippen molar-refractivity contribution in [2.45, 2.75) is 0 Å². The minimum absolute atomic E-state index is 1.07. The van der Waals surface area contributed by atoms with E-state index in [1.54, 1.807) is 11.3 Å². The maximum absolute atomic E-state index is 4.74. The van der Waals surface area contributed by atoms with Crippen molar-refractivity contribution in [3.05, 3.63) is 66.7 Å². The molecular formula is C17H11NS. The average Bonchev–Trinajstić information content (AvgIpc) is 2.88. The molecule has 2 heteroatoms. The fraction of sp³-hybridized carbons (Fsp3) is 0. The van der Waals surface area contributed by atoms with E-state index in [0.717, 1.165) is 10.3 Å². The summed E-state index contributed by atoms with van der Waals surface area (Å²) in [5.74, 6) is 0. The van der Waals surface area contributed by atoms with Gasteiger partial charge in [-0.05, 0) is 23.8 Å². The molecule has 0 radical (unpaired) electrons. The fourth-order valence-corrected chi connectivity index (χ4v) is 3.35. The highest BCUT2D eigenvalue weighted by atomic mass is 32.1. The van der Waals surface area contributed by atoms with Gasteiger partial charge < -0.3 is 0 Å². The van der Waals surface area contributed by atoms with Crippen LogP contribution in [0, 0.1) is 0 Å². The molecule has 0 saturated carbocycles. The van der Waals surface area contributed by atoms with Crippen molar-refractivity contribution in [1.82, 2.24) is 4.98 Å². The van der Waals surface area contributed by atoms with Gasteiger partial charge in [0.1, 0.15) is 4.83 Å². The summed E-state index contributed by atoms with van der Waals surface area (Å²) >= 11 is 1.75. The van der Waals surface area contributed by atoms with Crippen LogP contribution in [-0.4, -0.2) is 4.98 Å². The summed E-state index contributed by atoms with van der Waals surface area (Å²) in [5.41, 5.74) is 2.33. The molecule has 0 spiro atoms. The van der Waals surface area contributed by atoms with E-state index in [1.807, 2.05) is 12.1 Å². The number of rotatable bonds is 1. The van der Waals surface area contributed by atoms with E-state index in [-0.39, 0.29) is 0 Å². The highest BCUT2D eigenvalue weighted by Gasteiger charge is 2.06. The molecule has 0 N–H and O–H groups in total. The van der Waals surface area contributed by atoms with Crippen molar-refractivity contribution < 1.29 is 0 Å². The molecule has 2 aromatic carbocycles. The normalized spacial score (nSPS) is 11.2. The van der Waals surface area contributed by atoms with Gasteiger partial charge in [-0.2, -0.15) is 0 Å². The highest BCUT2D eigenvalue weighted by Crippen LogP contribution is 2.33. The summed E-state index contributed by atoms with van der Waals surface area (Å²) < 4.78 is 0. The van der Waals surface area contributed by atoms with E-state index in [2.05, 4.69) is 54.6 Å². The molecule has 1 nitrogen and oxygen atoms in total. The van der Waals surface area contributed by atoms with Gasteiger partial charge >= 0.3 is 0 Å². The molecule has 0 aliphatic rings. The van der Waals surface area contributed by atoms with Crippen molar-refractivity contribution in [2.75, 3.05) is 0 Å². The van der Waals surface area contributed by atoms with Crippen LogP contribution in [0.15, 0.2) is 66.7 Å². The van der Waals surface area contributed by atoms with Crippen molar-refractivity contribution in [3.63, 3.8) is 0 Å². The van der Waals surface area contributed by atoms with Gasteiger partial charge in [-0.3, -0.25) is 0 Å². The number of para-hydroxylation sites is 1. The third-order valence-electron chi connectivity index (χ3n) is 3.27. The van der Waals surface area contributed by atoms with Crippen LogP contribution >= 0.6 is 11.3 Å². The van der Waals surface area contributed by atoms with Gasteiger partial charge in [0.2, 0.25) is 0 Å². The maximum atomic E-state index is 4.74. The first-order valence-electron chi connectivity index (χ1n) is 6.25. The second kappa shape index (κ2) is 4.18. The Morgan fingerprint density at radius 2 is 1.53 bits per heavy atom. The molecule has 0 saturated heterocycles. The number of hydrogen-bond donors (Lipinski definition) is 0. The number of aromatic nitrogens is 1. The Hall–Kier alpha value is -2.19. The Kier molecular flexibility index (Phi) is 2.35. The molecule has 0 aliphatic carbocycles. The number of hydrogen-bond acceptors (Lipinski definition) is 2. The van der Waals surface area contributed by atoms with Gasteiger partial charge in [-0.1, -0.05) is 48.5 Å². The van der Waals surface area contributed by atoms with Gasteiger partial charge in [0.15, 0.2) is 0 Å². The first-order chi connectivity index (χ1) is 9.40. The molecule has 0 unspecified atom stereocenters. The van der Waals surface area contributed by atoms with E-state index in [4.69, 9.17) is 4.98 Å². The van der Waals surface area contributed by atoms with Gasteiger partial charge in [0, 0.05) is 15.6 Å². The average molecular weight is 261 g/mol. The van der Waals surface area contributed by atoms with Crippen LogP contribution in [0.3, 0.4) is 0 Å². The summed E-state index contributed by atoms with van der Waals surface area (Å²) in [4.78, 5) is 7.13. The Morgan fingerprint density at radius 1 is 0.737 bits per heavy atom. The first-order valence-corrected chi connectivity index (χ1v) is 7.06. The molecule has 2 aromatic heterocycles. The summed E-state index contributed by atoms with van der Waals surface area (Å²) in [6.45, 7) is 0. The van der Waals surface area contributed by atoms with E-state index < -0.39 is 0 Å². The monoisotopic (exact) mass is 261 g/mol. The lowest BCUT2D eigenvalue weighted by Gasteiger charge is -1.95. The molecule has 2 heterocycles. The van der Waals surface area contributed by atoms with E-state index in [0.29, 0.717) is 0 Å². The van der Waals surface area contributed by atoms with Gasteiger partial charge in [0.05, 0.1) is 5.52 Å². The summed E-state index contributed by atoms with van der Waals surface area (Å²) in [6.07, 6.45) is 0. The zero-order chi connectivity index (χ0) is 12.7. The number of fused-ring (bicyclic) bond motifs is 2. The van der Waals surface area contributed by atoms with Crippen LogP contribution in [0.5, 0.6) is 0 Å². The molecular weight excluding hydrogens is 250 g/mol. The Balaban J connectivity index is 1.98. The van der Waals surface area contributed by atoms with Gasteiger partial charge in [-0.25, -0.2) is 4.98 Å². The Labute approximate surface area is 115 Å². The summed E-state index contributed by atoms with van der Waals surface area (Å²) in [5, 5.41) is 2.43.